The summed E-state index contributed by atoms with van der Waals surface area (Å²) in [6, 6.07) is 6.11. The summed E-state index contributed by atoms with van der Waals surface area (Å²) in [4.78, 5) is 11.8. The number of amides is 1. The van der Waals surface area contributed by atoms with Gasteiger partial charge in [0.25, 0.3) is 5.91 Å². The highest BCUT2D eigenvalue weighted by atomic mass is 19.1. The van der Waals surface area contributed by atoms with Crippen LogP contribution in [-0.4, -0.2) is 11.9 Å². The third kappa shape index (κ3) is 4.17. The number of hydrogen-bond donors (Lipinski definition) is 1. The fraction of sp³-hybridized carbons (Fsp3) is 0.500. The Hall–Kier alpha value is -1.38. The summed E-state index contributed by atoms with van der Waals surface area (Å²) >= 11 is 0. The number of halogens is 1. The van der Waals surface area contributed by atoms with E-state index in [1.807, 2.05) is 6.92 Å². The van der Waals surface area contributed by atoms with Crippen molar-refractivity contribution in [3.8, 4) is 0 Å². The van der Waals surface area contributed by atoms with Gasteiger partial charge < -0.3 is 5.32 Å². The molecule has 17 heavy (non-hydrogen) atoms. The van der Waals surface area contributed by atoms with E-state index >= 15 is 0 Å². The van der Waals surface area contributed by atoms with Gasteiger partial charge in [0.1, 0.15) is 5.82 Å². The predicted molar refractivity (Wildman–Crippen MR) is 67.4 cm³/mol. The van der Waals surface area contributed by atoms with Gasteiger partial charge in [0, 0.05) is 6.04 Å². The van der Waals surface area contributed by atoms with Crippen LogP contribution >= 0.6 is 0 Å². The Kier molecular flexibility index (Phi) is 5.13. The van der Waals surface area contributed by atoms with E-state index < -0.39 is 5.82 Å². The Morgan fingerprint density at radius 1 is 1.35 bits per heavy atom. The summed E-state index contributed by atoms with van der Waals surface area (Å²) in [7, 11) is 0. The molecule has 3 heteroatoms. The average Bonchev–Trinajstić information content (AvgIpc) is 2.29. The first-order valence-electron chi connectivity index (χ1n) is 6.10. The molecule has 0 saturated heterocycles. The molecular formula is C14H20FNO. The summed E-state index contributed by atoms with van der Waals surface area (Å²) in [5.74, 6) is -0.245. The molecule has 2 unspecified atom stereocenters. The maximum Gasteiger partial charge on any atom is 0.254 e. The zero-order valence-corrected chi connectivity index (χ0v) is 10.7. The molecule has 0 aromatic heterocycles. The standard InChI is InChI=1S/C14H20FNO/c1-4-10(2)9-11(3)16-14(17)12-7-5-6-8-13(12)15/h5-8,10-11H,4,9H2,1-3H3,(H,16,17). The van der Waals surface area contributed by atoms with Crippen LogP contribution in [0.1, 0.15) is 44.0 Å². The fourth-order valence-corrected chi connectivity index (χ4v) is 1.78. The minimum Gasteiger partial charge on any atom is -0.349 e. The highest BCUT2D eigenvalue weighted by molar-refractivity contribution is 5.94. The molecule has 0 fully saturated rings. The third-order valence-electron chi connectivity index (χ3n) is 2.95. The van der Waals surface area contributed by atoms with Gasteiger partial charge in [-0.25, -0.2) is 4.39 Å². The van der Waals surface area contributed by atoms with Gasteiger partial charge in [0.15, 0.2) is 0 Å². The molecule has 0 aliphatic carbocycles. The number of hydrogen-bond acceptors (Lipinski definition) is 1. The molecule has 1 amide bonds. The van der Waals surface area contributed by atoms with Crippen molar-refractivity contribution < 1.29 is 9.18 Å². The van der Waals surface area contributed by atoms with Crippen molar-refractivity contribution in [2.24, 2.45) is 5.92 Å². The first kappa shape index (κ1) is 13.7. The molecule has 0 aliphatic rings. The molecule has 0 aliphatic heterocycles. The molecular weight excluding hydrogens is 217 g/mol. The van der Waals surface area contributed by atoms with Gasteiger partial charge in [-0.3, -0.25) is 4.79 Å². The van der Waals surface area contributed by atoms with Crippen molar-refractivity contribution in [3.63, 3.8) is 0 Å². The Labute approximate surface area is 102 Å². The molecule has 0 radical (unpaired) electrons. The Bertz CT molecular complexity index is 378. The van der Waals surface area contributed by atoms with E-state index in [1.54, 1.807) is 12.1 Å². The Balaban J connectivity index is 2.58. The summed E-state index contributed by atoms with van der Waals surface area (Å²) < 4.78 is 13.4. The predicted octanol–water partition coefficient (Wildman–Crippen LogP) is 3.38. The molecule has 0 spiro atoms. The molecule has 2 nitrogen and oxygen atoms in total. The highest BCUT2D eigenvalue weighted by Gasteiger charge is 2.14. The van der Waals surface area contributed by atoms with Crippen LogP contribution in [-0.2, 0) is 0 Å². The molecule has 94 valence electrons. The maximum absolute atomic E-state index is 13.4. The first-order valence-corrected chi connectivity index (χ1v) is 6.10. The van der Waals surface area contributed by atoms with Crippen LogP contribution < -0.4 is 5.32 Å². The molecule has 1 rings (SSSR count). The van der Waals surface area contributed by atoms with Gasteiger partial charge in [-0.1, -0.05) is 32.4 Å². The SMILES string of the molecule is CCC(C)CC(C)NC(=O)c1ccccc1F. The smallest absolute Gasteiger partial charge is 0.254 e. The van der Waals surface area contributed by atoms with Crippen molar-refractivity contribution in [1.29, 1.82) is 0 Å². The zero-order chi connectivity index (χ0) is 12.8. The second-order valence-corrected chi connectivity index (χ2v) is 4.60. The maximum atomic E-state index is 13.4. The molecule has 2 atom stereocenters. The topological polar surface area (TPSA) is 29.1 Å². The highest BCUT2D eigenvalue weighted by Crippen LogP contribution is 2.11. The minimum absolute atomic E-state index is 0.0667. The number of nitrogens with one attached hydrogen (secondary N) is 1. The van der Waals surface area contributed by atoms with E-state index in [2.05, 4.69) is 19.2 Å². The van der Waals surface area contributed by atoms with E-state index in [-0.39, 0.29) is 17.5 Å². The van der Waals surface area contributed by atoms with Crippen LogP contribution in [0.5, 0.6) is 0 Å². The van der Waals surface area contributed by atoms with Crippen LogP contribution in [0.25, 0.3) is 0 Å². The second kappa shape index (κ2) is 6.38. The van der Waals surface area contributed by atoms with Gasteiger partial charge in [-0.05, 0) is 31.4 Å². The van der Waals surface area contributed by atoms with E-state index in [1.165, 1.54) is 12.1 Å². The van der Waals surface area contributed by atoms with Crippen LogP contribution in [0.15, 0.2) is 24.3 Å². The lowest BCUT2D eigenvalue weighted by Gasteiger charge is -2.17. The van der Waals surface area contributed by atoms with Crippen molar-refractivity contribution in [3.05, 3.63) is 35.6 Å². The minimum atomic E-state index is -0.472. The van der Waals surface area contributed by atoms with Gasteiger partial charge in [0.05, 0.1) is 5.56 Å². The Morgan fingerprint density at radius 3 is 2.59 bits per heavy atom. The van der Waals surface area contributed by atoms with Crippen LogP contribution in [0.3, 0.4) is 0 Å². The summed E-state index contributed by atoms with van der Waals surface area (Å²) in [5, 5.41) is 2.82. The van der Waals surface area contributed by atoms with E-state index in [4.69, 9.17) is 0 Å². The van der Waals surface area contributed by atoms with Crippen molar-refractivity contribution >= 4 is 5.91 Å². The van der Waals surface area contributed by atoms with Crippen molar-refractivity contribution in [2.45, 2.75) is 39.7 Å². The molecule has 1 aromatic carbocycles. The summed E-state index contributed by atoms with van der Waals surface area (Å²) in [6.07, 6.45) is 2.00. The lowest BCUT2D eigenvalue weighted by Crippen LogP contribution is -2.34. The van der Waals surface area contributed by atoms with Crippen LogP contribution in [0, 0.1) is 11.7 Å². The molecule has 0 saturated carbocycles. The van der Waals surface area contributed by atoms with E-state index in [0.29, 0.717) is 5.92 Å². The largest absolute Gasteiger partial charge is 0.349 e. The number of rotatable bonds is 5. The monoisotopic (exact) mass is 237 g/mol. The van der Waals surface area contributed by atoms with Gasteiger partial charge in [-0.2, -0.15) is 0 Å². The number of carbonyl (C=O) groups is 1. The second-order valence-electron chi connectivity index (χ2n) is 4.60. The summed E-state index contributed by atoms with van der Waals surface area (Å²) in [6.45, 7) is 6.22. The fourth-order valence-electron chi connectivity index (χ4n) is 1.78. The molecule has 0 heterocycles. The number of benzene rings is 1. The lowest BCUT2D eigenvalue weighted by molar-refractivity contribution is 0.0931. The van der Waals surface area contributed by atoms with Crippen LogP contribution in [0.2, 0.25) is 0 Å². The normalized spacial score (nSPS) is 14.1. The van der Waals surface area contributed by atoms with Gasteiger partial charge >= 0.3 is 0 Å². The number of carbonyl (C=O) groups excluding carboxylic acids is 1. The molecule has 1 N–H and O–H groups in total. The van der Waals surface area contributed by atoms with Gasteiger partial charge in [-0.15, -0.1) is 0 Å². The van der Waals surface area contributed by atoms with Crippen molar-refractivity contribution in [1.82, 2.24) is 5.32 Å². The van der Waals surface area contributed by atoms with E-state index in [9.17, 15) is 9.18 Å². The summed E-state index contributed by atoms with van der Waals surface area (Å²) in [5.41, 5.74) is 0.114. The molecule has 1 aromatic rings. The Morgan fingerprint density at radius 2 is 2.00 bits per heavy atom. The van der Waals surface area contributed by atoms with Gasteiger partial charge in [0.2, 0.25) is 0 Å². The average molecular weight is 237 g/mol. The van der Waals surface area contributed by atoms with E-state index in [0.717, 1.165) is 12.8 Å². The van der Waals surface area contributed by atoms with Crippen molar-refractivity contribution in [2.75, 3.05) is 0 Å². The zero-order valence-electron chi connectivity index (χ0n) is 10.7. The lowest BCUT2D eigenvalue weighted by atomic mass is 10.00. The third-order valence-corrected chi connectivity index (χ3v) is 2.95. The van der Waals surface area contributed by atoms with Crippen LogP contribution in [0.4, 0.5) is 4.39 Å². The quantitative estimate of drug-likeness (QED) is 0.835. The molecule has 0 bridgehead atoms. The first-order chi connectivity index (χ1) is 8.04.